The van der Waals surface area contributed by atoms with E-state index in [1.54, 1.807) is 19.2 Å². The van der Waals surface area contributed by atoms with Crippen LogP contribution in [-0.4, -0.2) is 60.1 Å². The molecule has 0 saturated carbocycles. The molecule has 244 valence electrons. The molecule has 0 heterocycles. The van der Waals surface area contributed by atoms with Crippen molar-refractivity contribution in [2.45, 2.75) is 43.7 Å². The molecule has 0 saturated heterocycles. The van der Waals surface area contributed by atoms with Gasteiger partial charge in [-0.3, -0.25) is 24.8 Å². The number of likely N-dealkylation sites (N-methyl/N-ethyl adjacent to an activating group) is 1. The highest BCUT2D eigenvalue weighted by molar-refractivity contribution is 5.95. The highest BCUT2D eigenvalue weighted by atomic mass is 16.2. The number of hydrogen-bond donors (Lipinski definition) is 6. The summed E-state index contributed by atoms with van der Waals surface area (Å²) < 4.78 is 0. The molecule has 3 atom stereocenters. The first-order valence-electron chi connectivity index (χ1n) is 15.4. The molecular weight excluding hydrogens is 592 g/mol. The van der Waals surface area contributed by atoms with E-state index in [1.807, 2.05) is 84.9 Å². The van der Waals surface area contributed by atoms with Crippen molar-refractivity contribution in [2.75, 3.05) is 13.6 Å². The molecule has 0 aromatic heterocycles. The number of rotatable bonds is 15. The third-order valence-electron chi connectivity index (χ3n) is 8.17. The van der Waals surface area contributed by atoms with Crippen molar-refractivity contribution in [1.29, 1.82) is 5.41 Å². The quantitative estimate of drug-likeness (QED) is 0.0658. The maximum absolute atomic E-state index is 14.6. The van der Waals surface area contributed by atoms with E-state index in [0.717, 1.165) is 27.5 Å². The van der Waals surface area contributed by atoms with E-state index >= 15 is 0 Å². The number of primary amides is 1. The molecule has 3 amide bonds. The number of nitrogens with one attached hydrogen (secondary N) is 2. The van der Waals surface area contributed by atoms with Gasteiger partial charge in [0.05, 0.1) is 5.92 Å². The summed E-state index contributed by atoms with van der Waals surface area (Å²) >= 11 is 0. The van der Waals surface area contributed by atoms with Gasteiger partial charge in [0.15, 0.2) is 5.96 Å². The predicted molar refractivity (Wildman–Crippen MR) is 186 cm³/mol. The van der Waals surface area contributed by atoms with E-state index in [0.29, 0.717) is 18.4 Å². The number of hydrogen-bond acceptors (Lipinski definition) is 5. The average Bonchev–Trinajstić information content (AvgIpc) is 3.07. The molecule has 0 spiro atoms. The Kier molecular flexibility index (Phi) is 11.7. The Bertz CT molecular complexity index is 1740. The highest BCUT2D eigenvalue weighted by Crippen LogP contribution is 2.28. The van der Waals surface area contributed by atoms with Crippen LogP contribution in [0.15, 0.2) is 102 Å². The lowest BCUT2D eigenvalue weighted by Gasteiger charge is -2.32. The van der Waals surface area contributed by atoms with Crippen molar-refractivity contribution in [2.24, 2.45) is 27.9 Å². The Labute approximate surface area is 274 Å². The smallest absolute Gasteiger partial charge is 0.243 e. The van der Waals surface area contributed by atoms with Gasteiger partial charge >= 0.3 is 0 Å². The van der Waals surface area contributed by atoms with Gasteiger partial charge in [0.1, 0.15) is 17.9 Å². The number of carbonyl (C=O) groups excluding carboxylic acids is 3. The van der Waals surface area contributed by atoms with Crippen LogP contribution < -0.4 is 28.3 Å². The second kappa shape index (κ2) is 16.0. The minimum Gasteiger partial charge on any atom is -0.384 e. The third-order valence-corrected chi connectivity index (χ3v) is 8.17. The summed E-state index contributed by atoms with van der Waals surface area (Å²) in [6.45, 7) is 0.272. The summed E-state index contributed by atoms with van der Waals surface area (Å²) in [6.07, 6.45) is 1.19. The molecule has 1 unspecified atom stereocenters. The average molecular weight is 635 g/mol. The number of nitrogens with zero attached hydrogens (tertiary/aromatic N) is 2. The molecule has 0 fully saturated rings. The van der Waals surface area contributed by atoms with Crippen LogP contribution in [-0.2, 0) is 27.2 Å². The Balaban J connectivity index is 1.67. The third kappa shape index (κ3) is 9.40. The standard InChI is InChI=1S/C36H42N8O3/c1-44(31(21-23-8-3-2-4-9-23)34(46)43-30(33(39)45)12-7-19-42-36(40)41)35(47)29(20-24-13-15-26(16-14-24)32(37)38)28-18-17-25-10-5-6-11-27(25)22-28/h2-6,8-11,13-18,22,29-31H,7,12,19-21H2,1H3,(H3,37,38)(H2,39,45)(H,43,46)(H4,40,41,42)/t29?,30-,31-/m0/s1. The second-order valence-electron chi connectivity index (χ2n) is 11.5. The number of benzene rings is 4. The van der Waals surface area contributed by atoms with Gasteiger partial charge < -0.3 is 33.2 Å². The lowest BCUT2D eigenvalue weighted by atomic mass is 9.88. The number of aliphatic imine (C=N–C) groups is 1. The molecule has 11 heteroatoms. The number of carbonyl (C=O) groups is 3. The van der Waals surface area contributed by atoms with Crippen LogP contribution >= 0.6 is 0 Å². The van der Waals surface area contributed by atoms with Crippen LogP contribution in [0.4, 0.5) is 0 Å². The van der Waals surface area contributed by atoms with Gasteiger partial charge in [-0.25, -0.2) is 0 Å². The molecule has 4 rings (SSSR count). The summed E-state index contributed by atoms with van der Waals surface area (Å²) in [7, 11) is 1.61. The normalized spacial score (nSPS) is 12.8. The lowest BCUT2D eigenvalue weighted by molar-refractivity contribution is -0.141. The Morgan fingerprint density at radius 3 is 2.09 bits per heavy atom. The molecule has 47 heavy (non-hydrogen) atoms. The summed E-state index contributed by atoms with van der Waals surface area (Å²) in [5.41, 5.74) is 25.2. The topological polar surface area (TPSA) is 207 Å². The minimum atomic E-state index is -0.977. The number of amides is 3. The molecule has 0 aliphatic heterocycles. The van der Waals surface area contributed by atoms with Gasteiger partial charge in [-0.1, -0.05) is 97.1 Å². The predicted octanol–water partition coefficient (Wildman–Crippen LogP) is 2.54. The largest absolute Gasteiger partial charge is 0.384 e. The number of nitrogen functional groups attached to an aromatic ring is 1. The maximum Gasteiger partial charge on any atom is 0.243 e. The second-order valence-corrected chi connectivity index (χ2v) is 11.5. The van der Waals surface area contributed by atoms with Crippen molar-refractivity contribution in [3.8, 4) is 0 Å². The van der Waals surface area contributed by atoms with Crippen molar-refractivity contribution >= 4 is 40.3 Å². The van der Waals surface area contributed by atoms with Crippen LogP contribution in [0.2, 0.25) is 0 Å². The first-order valence-corrected chi connectivity index (χ1v) is 15.4. The number of guanidine groups is 1. The van der Waals surface area contributed by atoms with E-state index in [9.17, 15) is 14.4 Å². The fourth-order valence-electron chi connectivity index (χ4n) is 5.53. The SMILES string of the molecule is CN(C(=O)C(Cc1ccc(C(=N)N)cc1)c1ccc2ccccc2c1)[C@@H](Cc1ccccc1)C(=O)N[C@@H](CCCN=C(N)N)C(N)=O. The summed E-state index contributed by atoms with van der Waals surface area (Å²) in [5.74, 6) is -2.22. The van der Waals surface area contributed by atoms with Gasteiger partial charge in [0, 0.05) is 25.6 Å². The Hall–Kier alpha value is -5.71. The van der Waals surface area contributed by atoms with Crippen molar-refractivity contribution < 1.29 is 14.4 Å². The zero-order valence-electron chi connectivity index (χ0n) is 26.4. The van der Waals surface area contributed by atoms with E-state index in [-0.39, 0.29) is 37.1 Å². The Morgan fingerprint density at radius 1 is 0.809 bits per heavy atom. The van der Waals surface area contributed by atoms with Gasteiger partial charge in [-0.05, 0) is 46.7 Å². The summed E-state index contributed by atoms with van der Waals surface area (Å²) in [4.78, 5) is 46.2. The van der Waals surface area contributed by atoms with Crippen LogP contribution in [0.3, 0.4) is 0 Å². The summed E-state index contributed by atoms with van der Waals surface area (Å²) in [6, 6.07) is 28.5. The van der Waals surface area contributed by atoms with Crippen molar-refractivity contribution in [1.82, 2.24) is 10.2 Å². The zero-order valence-corrected chi connectivity index (χ0v) is 26.4. The monoisotopic (exact) mass is 634 g/mol. The lowest BCUT2D eigenvalue weighted by Crippen LogP contribution is -2.54. The van der Waals surface area contributed by atoms with E-state index < -0.39 is 29.8 Å². The zero-order chi connectivity index (χ0) is 33.9. The fourth-order valence-corrected chi connectivity index (χ4v) is 5.53. The Morgan fingerprint density at radius 2 is 1.45 bits per heavy atom. The molecule has 0 aliphatic rings. The van der Waals surface area contributed by atoms with Crippen LogP contribution in [0.1, 0.15) is 41.0 Å². The van der Waals surface area contributed by atoms with E-state index in [4.69, 9.17) is 28.3 Å². The van der Waals surface area contributed by atoms with Gasteiger partial charge in [0.2, 0.25) is 17.7 Å². The van der Waals surface area contributed by atoms with Gasteiger partial charge in [-0.15, -0.1) is 0 Å². The molecule has 4 aromatic carbocycles. The molecule has 4 aromatic rings. The van der Waals surface area contributed by atoms with Gasteiger partial charge in [-0.2, -0.15) is 0 Å². The fraction of sp³-hybridized carbons (Fsp3) is 0.250. The van der Waals surface area contributed by atoms with E-state index in [2.05, 4.69) is 10.3 Å². The summed E-state index contributed by atoms with van der Waals surface area (Å²) in [5, 5.41) is 12.5. The first-order chi connectivity index (χ1) is 22.5. The number of amidine groups is 1. The van der Waals surface area contributed by atoms with Crippen molar-refractivity contribution in [3.05, 3.63) is 119 Å². The van der Waals surface area contributed by atoms with E-state index in [1.165, 1.54) is 4.90 Å². The molecule has 0 radical (unpaired) electrons. The highest BCUT2D eigenvalue weighted by Gasteiger charge is 2.34. The molecule has 11 nitrogen and oxygen atoms in total. The van der Waals surface area contributed by atoms with Crippen LogP contribution in [0.25, 0.3) is 10.8 Å². The number of nitrogens with two attached hydrogens (primary N) is 4. The van der Waals surface area contributed by atoms with Gasteiger partial charge in [0.25, 0.3) is 0 Å². The maximum atomic E-state index is 14.6. The number of fused-ring (bicyclic) bond motifs is 1. The molecule has 0 bridgehead atoms. The van der Waals surface area contributed by atoms with Crippen LogP contribution in [0.5, 0.6) is 0 Å². The molecule has 10 N–H and O–H groups in total. The van der Waals surface area contributed by atoms with Crippen LogP contribution in [0, 0.1) is 5.41 Å². The first kappa shape index (κ1) is 34.2. The van der Waals surface area contributed by atoms with Crippen molar-refractivity contribution in [3.63, 3.8) is 0 Å². The molecule has 0 aliphatic carbocycles. The molecular formula is C36H42N8O3. The minimum absolute atomic E-state index is 0.0429.